The number of rotatable bonds is 6. The molecule has 0 amide bonds. The Morgan fingerprint density at radius 2 is 2.17 bits per heavy atom. The molecule has 0 bridgehead atoms. The molecule has 0 spiro atoms. The Morgan fingerprint density at radius 3 is 2.58 bits per heavy atom. The van der Waals surface area contributed by atoms with Gasteiger partial charge in [-0.3, -0.25) is 0 Å². The van der Waals surface area contributed by atoms with Crippen LogP contribution < -0.4 is 0 Å². The molecule has 5 nitrogen and oxygen atoms in total. The average Bonchev–Trinajstić information content (AvgIpc) is 2.11. The predicted octanol–water partition coefficient (Wildman–Crippen LogP) is -0.817. The van der Waals surface area contributed by atoms with Crippen LogP contribution in [-0.4, -0.2) is 51.2 Å². The van der Waals surface area contributed by atoms with Crippen LogP contribution in [-0.2, 0) is 19.0 Å². The van der Waals surface area contributed by atoms with E-state index in [0.717, 1.165) is 0 Å². The van der Waals surface area contributed by atoms with Gasteiger partial charge in [0.15, 0.2) is 6.10 Å². The first-order valence-electron chi connectivity index (χ1n) is 3.55. The molecule has 72 valence electrons. The molecule has 1 N–H and O–H groups in total. The molecule has 0 saturated carbocycles. The van der Waals surface area contributed by atoms with E-state index < -0.39 is 12.1 Å². The van der Waals surface area contributed by atoms with Crippen molar-refractivity contribution in [3.8, 4) is 0 Å². The third kappa shape index (κ3) is 4.27. The summed E-state index contributed by atoms with van der Waals surface area (Å²) in [5, 5.41) is 8.37. The van der Waals surface area contributed by atoms with E-state index in [1.807, 2.05) is 0 Å². The lowest BCUT2D eigenvalue weighted by molar-refractivity contribution is -0.156. The average molecular weight is 178 g/mol. The van der Waals surface area contributed by atoms with Gasteiger partial charge < -0.3 is 19.3 Å². The highest BCUT2D eigenvalue weighted by Crippen LogP contribution is 1.94. The molecule has 0 aromatic carbocycles. The topological polar surface area (TPSA) is 65.0 Å². The Bertz CT molecular complexity index is 125. The molecule has 0 rings (SSSR count). The Labute approximate surface area is 71.2 Å². The van der Waals surface area contributed by atoms with Crippen LogP contribution in [0.1, 0.15) is 0 Å². The quantitative estimate of drug-likeness (QED) is 0.425. The first-order chi connectivity index (χ1) is 5.76. The molecule has 0 heterocycles. The Hall–Kier alpha value is -0.650. The minimum atomic E-state index is -0.707. The molecule has 0 aromatic heterocycles. The van der Waals surface area contributed by atoms with Gasteiger partial charge in [0.2, 0.25) is 0 Å². The molecule has 0 aromatic rings. The number of aliphatic hydroxyl groups is 1. The normalized spacial score (nSPS) is 12.6. The second-order valence-electron chi connectivity index (χ2n) is 2.05. The zero-order valence-corrected chi connectivity index (χ0v) is 7.28. The Balaban J connectivity index is 3.60. The van der Waals surface area contributed by atoms with Crippen molar-refractivity contribution < 1.29 is 24.1 Å². The van der Waals surface area contributed by atoms with Crippen LogP contribution in [0.5, 0.6) is 0 Å². The summed E-state index contributed by atoms with van der Waals surface area (Å²) in [6, 6.07) is 0. The molecule has 1 atom stereocenters. The van der Waals surface area contributed by atoms with Gasteiger partial charge in [-0.25, -0.2) is 4.79 Å². The molecule has 1 unspecified atom stereocenters. The fourth-order valence-electron chi connectivity index (χ4n) is 0.619. The highest BCUT2D eigenvalue weighted by molar-refractivity contribution is 5.74. The minimum absolute atomic E-state index is 0.0718. The molecular formula is C7H14O5. The molecule has 0 aliphatic heterocycles. The lowest BCUT2D eigenvalue weighted by Gasteiger charge is -2.12. The van der Waals surface area contributed by atoms with Crippen molar-refractivity contribution in [3.63, 3.8) is 0 Å². The number of esters is 1. The second-order valence-corrected chi connectivity index (χ2v) is 2.05. The van der Waals surface area contributed by atoms with Gasteiger partial charge in [0.25, 0.3) is 0 Å². The molecule has 0 aliphatic carbocycles. The van der Waals surface area contributed by atoms with E-state index in [4.69, 9.17) is 14.6 Å². The van der Waals surface area contributed by atoms with Crippen LogP contribution in [0.3, 0.4) is 0 Å². The first-order valence-corrected chi connectivity index (χ1v) is 3.55. The number of carbonyl (C=O) groups excluding carboxylic acids is 1. The Kier molecular flexibility index (Phi) is 6.64. The molecular weight excluding hydrogens is 164 g/mol. The van der Waals surface area contributed by atoms with Crippen LogP contribution in [0, 0.1) is 0 Å². The van der Waals surface area contributed by atoms with Crippen molar-refractivity contribution in [3.05, 3.63) is 0 Å². The zero-order valence-electron chi connectivity index (χ0n) is 7.28. The van der Waals surface area contributed by atoms with Crippen molar-refractivity contribution in [2.75, 3.05) is 34.0 Å². The third-order valence-electron chi connectivity index (χ3n) is 1.25. The van der Waals surface area contributed by atoms with E-state index in [2.05, 4.69) is 4.74 Å². The highest BCUT2D eigenvalue weighted by atomic mass is 16.6. The molecule has 12 heavy (non-hydrogen) atoms. The van der Waals surface area contributed by atoms with Gasteiger partial charge in [-0.05, 0) is 0 Å². The summed E-state index contributed by atoms with van der Waals surface area (Å²) in [5.41, 5.74) is 0. The summed E-state index contributed by atoms with van der Waals surface area (Å²) in [6.07, 6.45) is -0.707. The van der Waals surface area contributed by atoms with Crippen molar-refractivity contribution in [1.82, 2.24) is 0 Å². The summed E-state index contributed by atoms with van der Waals surface area (Å²) in [6.45, 7) is 0.220. The van der Waals surface area contributed by atoms with E-state index in [1.54, 1.807) is 0 Å². The fraction of sp³-hybridized carbons (Fsp3) is 0.857. The van der Waals surface area contributed by atoms with Crippen LogP contribution >= 0.6 is 0 Å². The molecule has 5 heteroatoms. The predicted molar refractivity (Wildman–Crippen MR) is 40.7 cm³/mol. The minimum Gasteiger partial charge on any atom is -0.467 e. The van der Waals surface area contributed by atoms with E-state index in [0.29, 0.717) is 0 Å². The van der Waals surface area contributed by atoms with Crippen molar-refractivity contribution >= 4 is 5.97 Å². The molecule has 0 fully saturated rings. The maximum Gasteiger partial charge on any atom is 0.337 e. The lowest BCUT2D eigenvalue weighted by Crippen LogP contribution is -2.29. The van der Waals surface area contributed by atoms with Crippen LogP contribution in [0.4, 0.5) is 0 Å². The van der Waals surface area contributed by atoms with Crippen LogP contribution in [0.2, 0.25) is 0 Å². The van der Waals surface area contributed by atoms with Gasteiger partial charge in [-0.2, -0.15) is 0 Å². The van der Waals surface area contributed by atoms with E-state index in [-0.39, 0.29) is 19.8 Å². The number of methoxy groups -OCH3 is 2. The second kappa shape index (κ2) is 7.02. The number of hydrogen-bond donors (Lipinski definition) is 1. The van der Waals surface area contributed by atoms with Crippen molar-refractivity contribution in [2.24, 2.45) is 0 Å². The maximum absolute atomic E-state index is 10.8. The number of carbonyl (C=O) groups is 1. The van der Waals surface area contributed by atoms with E-state index >= 15 is 0 Å². The monoisotopic (exact) mass is 178 g/mol. The van der Waals surface area contributed by atoms with Gasteiger partial charge in [-0.15, -0.1) is 0 Å². The third-order valence-corrected chi connectivity index (χ3v) is 1.25. The van der Waals surface area contributed by atoms with Crippen molar-refractivity contribution in [2.45, 2.75) is 6.10 Å². The smallest absolute Gasteiger partial charge is 0.337 e. The largest absolute Gasteiger partial charge is 0.467 e. The molecule has 0 saturated heterocycles. The summed E-state index contributed by atoms with van der Waals surface area (Å²) < 4.78 is 14.1. The zero-order chi connectivity index (χ0) is 9.40. The number of hydrogen-bond acceptors (Lipinski definition) is 5. The summed E-state index contributed by atoms with van der Waals surface area (Å²) in [4.78, 5) is 10.8. The van der Waals surface area contributed by atoms with Gasteiger partial charge in [0, 0.05) is 7.11 Å². The fourth-order valence-corrected chi connectivity index (χ4v) is 0.619. The lowest BCUT2D eigenvalue weighted by atomic mass is 10.4. The van der Waals surface area contributed by atoms with Crippen LogP contribution in [0.25, 0.3) is 0 Å². The summed E-state index contributed by atoms with van der Waals surface area (Å²) in [7, 11) is 2.67. The maximum atomic E-state index is 10.8. The summed E-state index contributed by atoms with van der Waals surface area (Å²) in [5.74, 6) is -0.476. The number of aliphatic hydroxyl groups excluding tert-OH is 1. The van der Waals surface area contributed by atoms with Crippen molar-refractivity contribution in [1.29, 1.82) is 0 Å². The van der Waals surface area contributed by atoms with Gasteiger partial charge >= 0.3 is 5.97 Å². The standard InChI is InChI=1S/C7H14O5/c1-10-6(7(9)11-2)5-12-4-3-8/h6,8H,3-5H2,1-2H3. The van der Waals surface area contributed by atoms with Gasteiger partial charge in [0.05, 0.1) is 26.9 Å². The van der Waals surface area contributed by atoms with E-state index in [9.17, 15) is 4.79 Å². The summed E-state index contributed by atoms with van der Waals surface area (Å²) >= 11 is 0. The first kappa shape index (κ1) is 11.4. The Morgan fingerprint density at radius 1 is 1.50 bits per heavy atom. The number of ether oxygens (including phenoxy) is 3. The molecule has 0 radical (unpaired) electrons. The highest BCUT2D eigenvalue weighted by Gasteiger charge is 2.17. The van der Waals surface area contributed by atoms with Gasteiger partial charge in [0.1, 0.15) is 0 Å². The SMILES string of the molecule is COC(=O)C(COCCO)OC. The molecule has 0 aliphatic rings. The van der Waals surface area contributed by atoms with Gasteiger partial charge in [-0.1, -0.05) is 0 Å². The van der Waals surface area contributed by atoms with Crippen LogP contribution in [0.15, 0.2) is 0 Å². The van der Waals surface area contributed by atoms with E-state index in [1.165, 1.54) is 14.2 Å².